The van der Waals surface area contributed by atoms with Gasteiger partial charge in [-0.25, -0.2) is 0 Å². The van der Waals surface area contributed by atoms with Crippen molar-refractivity contribution in [2.45, 2.75) is 89.1 Å². The van der Waals surface area contributed by atoms with E-state index in [0.29, 0.717) is 19.3 Å². The van der Waals surface area contributed by atoms with Crippen LogP contribution >= 0.6 is 0 Å². The zero-order valence-electron chi connectivity index (χ0n) is 23.2. The summed E-state index contributed by atoms with van der Waals surface area (Å²) in [6, 6.07) is 9.86. The first-order valence-electron chi connectivity index (χ1n) is 13.8. The van der Waals surface area contributed by atoms with E-state index in [-0.39, 0.29) is 43.3 Å². The number of carbonyl (C=O) groups excluding carboxylic acids is 3. The van der Waals surface area contributed by atoms with Crippen LogP contribution in [-0.2, 0) is 25.5 Å². The highest BCUT2D eigenvalue weighted by atomic mass is 16.5. The van der Waals surface area contributed by atoms with Crippen LogP contribution in [0.4, 0.5) is 0 Å². The minimum Gasteiger partial charge on any atom is -0.463 e. The number of ether oxygens (including phenoxy) is 1. The molecule has 0 unspecified atom stereocenters. The van der Waals surface area contributed by atoms with Gasteiger partial charge in [-0.2, -0.15) is 0 Å². The smallest absolute Gasteiger partial charge is 0.309 e. The third kappa shape index (κ3) is 10.4. The summed E-state index contributed by atoms with van der Waals surface area (Å²) >= 11 is 0. The number of amides is 2. The van der Waals surface area contributed by atoms with Crippen molar-refractivity contribution in [1.29, 1.82) is 0 Å². The maximum absolute atomic E-state index is 13.1. The summed E-state index contributed by atoms with van der Waals surface area (Å²) in [4.78, 5) is 38.9. The Balaban J connectivity index is 1.94. The predicted octanol–water partition coefficient (Wildman–Crippen LogP) is 4.64. The van der Waals surface area contributed by atoms with Crippen LogP contribution in [0.25, 0.3) is 0 Å². The molecule has 1 aromatic carbocycles. The number of nitrogens with one attached hydrogen (secondary N) is 2. The van der Waals surface area contributed by atoms with Crippen molar-refractivity contribution >= 4 is 17.8 Å². The van der Waals surface area contributed by atoms with Crippen LogP contribution in [-0.4, -0.2) is 47.2 Å². The van der Waals surface area contributed by atoms with E-state index in [0.717, 1.165) is 44.1 Å². The predicted molar refractivity (Wildman–Crippen MR) is 150 cm³/mol. The Kier molecular flexibility index (Phi) is 12.7. The standard InChI is InChI=1S/C31H46N2O5/c1-5-7-9-17-26(20-24-15-10-8-11-16-24)29(37)38-23-30(3,4)33-28(36)25(14-6-2)21-27(35)32-31(22-34)18-12-13-19-31/h5-6,8,10-11,15-16,25-26,34H,1-2,7,9,12-14,17-23H2,3-4H3,(H,32,35)(H,33,36)/t25-,26-/m1/s1. The van der Waals surface area contributed by atoms with E-state index in [1.54, 1.807) is 19.9 Å². The van der Waals surface area contributed by atoms with Gasteiger partial charge in [0.05, 0.1) is 29.5 Å². The number of aliphatic hydroxyl groups excluding tert-OH is 1. The van der Waals surface area contributed by atoms with Crippen LogP contribution in [0.2, 0.25) is 0 Å². The Labute approximate surface area is 228 Å². The molecule has 0 bridgehead atoms. The SMILES string of the molecule is C=CCCC[C@H](Cc1ccccc1)C(=O)OCC(C)(C)NC(=O)[C@H](CC=C)CC(=O)NC1(CO)CCCC1. The lowest BCUT2D eigenvalue weighted by Crippen LogP contribution is -2.52. The molecule has 0 heterocycles. The first kappa shape index (κ1) is 31.3. The molecule has 2 atom stereocenters. The summed E-state index contributed by atoms with van der Waals surface area (Å²) < 4.78 is 5.70. The third-order valence-electron chi connectivity index (χ3n) is 7.18. The number of allylic oxidation sites excluding steroid dienone is 2. The Morgan fingerprint density at radius 1 is 1.11 bits per heavy atom. The Hall–Kier alpha value is -2.93. The normalized spacial score (nSPS) is 16.2. The number of esters is 1. The van der Waals surface area contributed by atoms with Crippen LogP contribution in [0.5, 0.6) is 0 Å². The molecule has 210 valence electrons. The van der Waals surface area contributed by atoms with E-state index in [1.165, 1.54) is 0 Å². The number of benzene rings is 1. The Bertz CT molecular complexity index is 921. The van der Waals surface area contributed by atoms with Gasteiger partial charge in [0.15, 0.2) is 0 Å². The molecule has 0 radical (unpaired) electrons. The maximum atomic E-state index is 13.1. The lowest BCUT2D eigenvalue weighted by atomic mass is 9.94. The highest BCUT2D eigenvalue weighted by molar-refractivity contribution is 5.86. The minimum atomic E-state index is -0.821. The molecule has 0 aromatic heterocycles. The highest BCUT2D eigenvalue weighted by Gasteiger charge is 2.36. The first-order valence-corrected chi connectivity index (χ1v) is 13.8. The van der Waals surface area contributed by atoms with E-state index >= 15 is 0 Å². The summed E-state index contributed by atoms with van der Waals surface area (Å²) in [6.45, 7) is 11.0. The highest BCUT2D eigenvalue weighted by Crippen LogP contribution is 2.29. The van der Waals surface area contributed by atoms with Gasteiger partial charge in [-0.1, -0.05) is 55.3 Å². The van der Waals surface area contributed by atoms with Gasteiger partial charge in [0.2, 0.25) is 11.8 Å². The Morgan fingerprint density at radius 2 is 1.79 bits per heavy atom. The molecule has 38 heavy (non-hydrogen) atoms. The van der Waals surface area contributed by atoms with Crippen molar-refractivity contribution in [2.24, 2.45) is 11.8 Å². The summed E-state index contributed by atoms with van der Waals surface area (Å²) in [7, 11) is 0. The topological polar surface area (TPSA) is 105 Å². The second kappa shape index (κ2) is 15.5. The zero-order valence-corrected chi connectivity index (χ0v) is 23.2. The number of hydrogen-bond acceptors (Lipinski definition) is 5. The van der Waals surface area contributed by atoms with Crippen LogP contribution in [0.15, 0.2) is 55.6 Å². The molecule has 0 aliphatic heterocycles. The molecule has 2 amide bonds. The summed E-state index contributed by atoms with van der Waals surface area (Å²) in [5.74, 6) is -1.72. The third-order valence-corrected chi connectivity index (χ3v) is 7.18. The fraction of sp³-hybridized carbons (Fsp3) is 0.581. The monoisotopic (exact) mass is 526 g/mol. The van der Waals surface area contributed by atoms with E-state index in [2.05, 4.69) is 23.8 Å². The van der Waals surface area contributed by atoms with E-state index in [1.807, 2.05) is 36.4 Å². The summed E-state index contributed by atoms with van der Waals surface area (Å²) in [5, 5.41) is 15.7. The van der Waals surface area contributed by atoms with Crippen molar-refractivity contribution in [3.8, 4) is 0 Å². The van der Waals surface area contributed by atoms with Gasteiger partial charge >= 0.3 is 5.97 Å². The molecule has 1 aromatic rings. The van der Waals surface area contributed by atoms with Gasteiger partial charge in [-0.3, -0.25) is 14.4 Å². The molecule has 1 aliphatic rings. The van der Waals surface area contributed by atoms with Gasteiger partial charge in [-0.05, 0) is 64.4 Å². The quantitative estimate of drug-likeness (QED) is 0.156. The van der Waals surface area contributed by atoms with Gasteiger partial charge in [-0.15, -0.1) is 13.2 Å². The average molecular weight is 527 g/mol. The molecule has 2 rings (SSSR count). The molecule has 1 saturated carbocycles. The fourth-order valence-electron chi connectivity index (χ4n) is 4.98. The summed E-state index contributed by atoms with van der Waals surface area (Å²) in [5.41, 5.74) is -0.327. The fourth-order valence-corrected chi connectivity index (χ4v) is 4.98. The largest absolute Gasteiger partial charge is 0.463 e. The number of rotatable bonds is 17. The van der Waals surface area contributed by atoms with Crippen LogP contribution < -0.4 is 10.6 Å². The minimum absolute atomic E-state index is 0.00206. The first-order chi connectivity index (χ1) is 18.1. The van der Waals surface area contributed by atoms with Crippen molar-refractivity contribution in [3.63, 3.8) is 0 Å². The number of hydrogen-bond donors (Lipinski definition) is 3. The van der Waals surface area contributed by atoms with Crippen LogP contribution in [0.3, 0.4) is 0 Å². The number of carbonyl (C=O) groups is 3. The Morgan fingerprint density at radius 3 is 2.39 bits per heavy atom. The molecule has 7 nitrogen and oxygen atoms in total. The molecule has 0 spiro atoms. The van der Waals surface area contributed by atoms with Gasteiger partial charge < -0.3 is 20.5 Å². The van der Waals surface area contributed by atoms with Gasteiger partial charge in [0.25, 0.3) is 0 Å². The van der Waals surface area contributed by atoms with E-state index < -0.39 is 17.0 Å². The van der Waals surface area contributed by atoms with Gasteiger partial charge in [0.1, 0.15) is 6.61 Å². The van der Waals surface area contributed by atoms with E-state index in [9.17, 15) is 19.5 Å². The van der Waals surface area contributed by atoms with Crippen LogP contribution in [0, 0.1) is 11.8 Å². The van der Waals surface area contributed by atoms with Crippen molar-refractivity contribution in [3.05, 3.63) is 61.2 Å². The van der Waals surface area contributed by atoms with Crippen molar-refractivity contribution < 1.29 is 24.2 Å². The lowest BCUT2D eigenvalue weighted by Gasteiger charge is -2.30. The van der Waals surface area contributed by atoms with Crippen molar-refractivity contribution in [1.82, 2.24) is 10.6 Å². The lowest BCUT2D eigenvalue weighted by molar-refractivity contribution is -0.151. The second-order valence-electron chi connectivity index (χ2n) is 11.2. The molecule has 1 fully saturated rings. The molecule has 3 N–H and O–H groups in total. The average Bonchev–Trinajstić information content (AvgIpc) is 3.35. The summed E-state index contributed by atoms with van der Waals surface area (Å²) in [6.07, 6.45) is 10.2. The molecular formula is C31H46N2O5. The zero-order chi connectivity index (χ0) is 28.0. The van der Waals surface area contributed by atoms with Crippen molar-refractivity contribution in [2.75, 3.05) is 13.2 Å². The van der Waals surface area contributed by atoms with Gasteiger partial charge in [0, 0.05) is 6.42 Å². The van der Waals surface area contributed by atoms with E-state index in [4.69, 9.17) is 4.74 Å². The maximum Gasteiger partial charge on any atom is 0.309 e. The molecular weight excluding hydrogens is 480 g/mol. The molecule has 7 heteroatoms. The molecule has 0 saturated heterocycles. The van der Waals surface area contributed by atoms with Crippen LogP contribution in [0.1, 0.15) is 77.2 Å². The number of unbranched alkanes of at least 4 members (excludes halogenated alkanes) is 1. The number of aliphatic hydroxyl groups is 1. The second-order valence-corrected chi connectivity index (χ2v) is 11.2. The molecule has 1 aliphatic carbocycles.